The van der Waals surface area contributed by atoms with Crippen molar-refractivity contribution in [2.45, 2.75) is 45.1 Å². The van der Waals surface area contributed by atoms with Gasteiger partial charge in [0.25, 0.3) is 0 Å². The monoisotopic (exact) mass is 233 g/mol. The van der Waals surface area contributed by atoms with Gasteiger partial charge in [-0.15, -0.1) is 12.4 Å². The second-order valence-electron chi connectivity index (χ2n) is 4.67. The molecule has 0 bridgehead atoms. The molecule has 2 aliphatic carbocycles. The molecule has 0 aromatic heterocycles. The molecule has 3 nitrogen and oxygen atoms in total. The Labute approximate surface area is 97.1 Å². The number of ether oxygens (including phenoxy) is 1. The number of esters is 1. The minimum Gasteiger partial charge on any atom is -0.466 e. The van der Waals surface area contributed by atoms with Crippen LogP contribution in [-0.2, 0) is 9.53 Å². The summed E-state index contributed by atoms with van der Waals surface area (Å²) in [5.74, 6) is 0.506. The summed E-state index contributed by atoms with van der Waals surface area (Å²) in [5.41, 5.74) is 5.74. The Balaban J connectivity index is 0.00000112. The highest BCUT2D eigenvalue weighted by atomic mass is 35.5. The predicted octanol–water partition coefficient (Wildman–Crippen LogP) is 1.88. The standard InChI is InChI=1S/C11H19NO2.ClH/c1-2-14-10(13)11-5-3-4-8(11)6-9(12)7-11;/h8-9H,2-7,12H2,1H3;1H. The molecule has 3 unspecified atom stereocenters. The van der Waals surface area contributed by atoms with Crippen LogP contribution in [0, 0.1) is 11.3 Å². The van der Waals surface area contributed by atoms with Crippen LogP contribution in [0.15, 0.2) is 0 Å². The van der Waals surface area contributed by atoms with E-state index in [0.717, 1.165) is 32.1 Å². The summed E-state index contributed by atoms with van der Waals surface area (Å²) in [6, 6.07) is 0.213. The molecular weight excluding hydrogens is 214 g/mol. The van der Waals surface area contributed by atoms with Gasteiger partial charge in [-0.2, -0.15) is 0 Å². The van der Waals surface area contributed by atoms with Gasteiger partial charge in [-0.25, -0.2) is 0 Å². The number of fused-ring (bicyclic) bond motifs is 1. The molecule has 0 spiro atoms. The number of rotatable bonds is 2. The highest BCUT2D eigenvalue weighted by molar-refractivity contribution is 5.85. The number of nitrogens with two attached hydrogens (primary N) is 1. The van der Waals surface area contributed by atoms with E-state index in [1.807, 2.05) is 6.92 Å². The molecule has 0 aromatic rings. The van der Waals surface area contributed by atoms with E-state index < -0.39 is 0 Å². The van der Waals surface area contributed by atoms with Crippen molar-refractivity contribution in [1.29, 1.82) is 0 Å². The lowest BCUT2D eigenvalue weighted by atomic mass is 9.80. The van der Waals surface area contributed by atoms with Crippen LogP contribution in [-0.4, -0.2) is 18.6 Å². The summed E-state index contributed by atoms with van der Waals surface area (Å²) in [5, 5.41) is 0. The molecule has 3 atom stereocenters. The third kappa shape index (κ3) is 2.00. The molecule has 2 N–H and O–H groups in total. The van der Waals surface area contributed by atoms with Gasteiger partial charge in [-0.3, -0.25) is 4.79 Å². The smallest absolute Gasteiger partial charge is 0.312 e. The molecule has 0 radical (unpaired) electrons. The molecule has 2 aliphatic rings. The first kappa shape index (κ1) is 12.8. The second kappa shape index (κ2) is 4.71. The highest BCUT2D eigenvalue weighted by Gasteiger charge is 2.54. The van der Waals surface area contributed by atoms with Crippen molar-refractivity contribution in [2.75, 3.05) is 6.61 Å². The first-order valence-electron chi connectivity index (χ1n) is 5.62. The highest BCUT2D eigenvalue weighted by Crippen LogP contribution is 2.54. The summed E-state index contributed by atoms with van der Waals surface area (Å²) in [6.07, 6.45) is 5.17. The van der Waals surface area contributed by atoms with Crippen LogP contribution in [0.25, 0.3) is 0 Å². The van der Waals surface area contributed by atoms with Gasteiger partial charge >= 0.3 is 5.97 Å². The Bertz CT molecular complexity index is 247. The minimum atomic E-state index is -0.199. The average Bonchev–Trinajstić information content (AvgIpc) is 2.61. The van der Waals surface area contributed by atoms with Crippen molar-refractivity contribution in [2.24, 2.45) is 17.1 Å². The third-order valence-corrected chi connectivity index (χ3v) is 3.85. The zero-order chi connectivity index (χ0) is 10.2. The lowest BCUT2D eigenvalue weighted by Gasteiger charge is -2.26. The molecule has 2 saturated carbocycles. The van der Waals surface area contributed by atoms with E-state index in [4.69, 9.17) is 10.5 Å². The Morgan fingerprint density at radius 1 is 1.60 bits per heavy atom. The van der Waals surface area contributed by atoms with Crippen LogP contribution < -0.4 is 5.73 Å². The van der Waals surface area contributed by atoms with E-state index in [2.05, 4.69) is 0 Å². The van der Waals surface area contributed by atoms with Crippen LogP contribution in [0.1, 0.15) is 39.0 Å². The molecular formula is C11H20ClNO2. The molecule has 0 aliphatic heterocycles. The fourth-order valence-corrected chi connectivity index (χ4v) is 3.30. The van der Waals surface area contributed by atoms with E-state index in [1.165, 1.54) is 0 Å². The third-order valence-electron chi connectivity index (χ3n) is 3.85. The van der Waals surface area contributed by atoms with Crippen LogP contribution in [0.4, 0.5) is 0 Å². The SMILES string of the molecule is CCOC(=O)C12CCCC1CC(N)C2.Cl. The molecule has 0 amide bonds. The first-order valence-corrected chi connectivity index (χ1v) is 5.62. The fourth-order valence-electron chi connectivity index (χ4n) is 3.30. The summed E-state index contributed by atoms with van der Waals surface area (Å²) in [6.45, 7) is 2.36. The van der Waals surface area contributed by atoms with Crippen molar-refractivity contribution in [3.05, 3.63) is 0 Å². The molecule has 0 saturated heterocycles. The summed E-state index contributed by atoms with van der Waals surface area (Å²) >= 11 is 0. The summed E-state index contributed by atoms with van der Waals surface area (Å²) < 4.78 is 5.18. The van der Waals surface area contributed by atoms with Gasteiger partial charge in [0.15, 0.2) is 0 Å². The van der Waals surface area contributed by atoms with Gasteiger partial charge in [0.2, 0.25) is 0 Å². The number of hydrogen-bond donors (Lipinski definition) is 1. The van der Waals surface area contributed by atoms with Gasteiger partial charge in [0, 0.05) is 6.04 Å². The van der Waals surface area contributed by atoms with E-state index in [-0.39, 0.29) is 29.8 Å². The minimum absolute atomic E-state index is 0. The van der Waals surface area contributed by atoms with E-state index in [9.17, 15) is 4.79 Å². The lowest BCUT2D eigenvalue weighted by molar-refractivity contribution is -0.156. The van der Waals surface area contributed by atoms with Gasteiger partial charge < -0.3 is 10.5 Å². The van der Waals surface area contributed by atoms with E-state index in [0.29, 0.717) is 12.5 Å². The largest absolute Gasteiger partial charge is 0.466 e. The maximum atomic E-state index is 11.9. The maximum Gasteiger partial charge on any atom is 0.312 e. The average molecular weight is 234 g/mol. The lowest BCUT2D eigenvalue weighted by Crippen LogP contribution is -2.33. The number of carbonyl (C=O) groups excluding carboxylic acids is 1. The Kier molecular flexibility index (Phi) is 4.01. The number of hydrogen-bond acceptors (Lipinski definition) is 3. The van der Waals surface area contributed by atoms with E-state index >= 15 is 0 Å². The van der Waals surface area contributed by atoms with Crippen molar-refractivity contribution in [1.82, 2.24) is 0 Å². The van der Waals surface area contributed by atoms with Crippen LogP contribution >= 0.6 is 12.4 Å². The number of carbonyl (C=O) groups is 1. The molecule has 88 valence electrons. The molecule has 4 heteroatoms. The quantitative estimate of drug-likeness (QED) is 0.741. The normalized spacial score (nSPS) is 38.3. The Hall–Kier alpha value is -0.280. The zero-order valence-electron chi connectivity index (χ0n) is 9.20. The zero-order valence-corrected chi connectivity index (χ0v) is 10.0. The van der Waals surface area contributed by atoms with Crippen molar-refractivity contribution in [3.63, 3.8) is 0 Å². The number of halogens is 1. The van der Waals surface area contributed by atoms with Crippen LogP contribution in [0.2, 0.25) is 0 Å². The predicted molar refractivity (Wildman–Crippen MR) is 60.9 cm³/mol. The molecule has 2 fully saturated rings. The Morgan fingerprint density at radius 3 is 3.00 bits per heavy atom. The molecule has 2 rings (SSSR count). The fraction of sp³-hybridized carbons (Fsp3) is 0.909. The van der Waals surface area contributed by atoms with Crippen molar-refractivity contribution in [3.8, 4) is 0 Å². The second-order valence-corrected chi connectivity index (χ2v) is 4.67. The van der Waals surface area contributed by atoms with Gasteiger partial charge in [-0.05, 0) is 38.5 Å². The van der Waals surface area contributed by atoms with Crippen LogP contribution in [0.3, 0.4) is 0 Å². The van der Waals surface area contributed by atoms with Crippen molar-refractivity contribution >= 4 is 18.4 Å². The topological polar surface area (TPSA) is 52.3 Å². The summed E-state index contributed by atoms with van der Waals surface area (Å²) in [7, 11) is 0. The summed E-state index contributed by atoms with van der Waals surface area (Å²) in [4.78, 5) is 11.9. The first-order chi connectivity index (χ1) is 6.69. The van der Waals surface area contributed by atoms with Gasteiger partial charge in [0.05, 0.1) is 12.0 Å². The Morgan fingerprint density at radius 2 is 2.33 bits per heavy atom. The molecule has 15 heavy (non-hydrogen) atoms. The van der Waals surface area contributed by atoms with Crippen LogP contribution in [0.5, 0.6) is 0 Å². The molecule has 0 aromatic carbocycles. The molecule has 0 heterocycles. The van der Waals surface area contributed by atoms with Crippen molar-refractivity contribution < 1.29 is 9.53 Å². The maximum absolute atomic E-state index is 11.9. The van der Waals surface area contributed by atoms with Gasteiger partial charge in [0.1, 0.15) is 0 Å². The van der Waals surface area contributed by atoms with Gasteiger partial charge in [-0.1, -0.05) is 6.42 Å². The van der Waals surface area contributed by atoms with E-state index in [1.54, 1.807) is 0 Å².